The number of anilines is 2. The van der Waals surface area contributed by atoms with Crippen LogP contribution in [0.15, 0.2) is 84.6 Å². The molecule has 1 saturated heterocycles. The second kappa shape index (κ2) is 9.06. The van der Waals surface area contributed by atoms with E-state index in [0.29, 0.717) is 35.8 Å². The summed E-state index contributed by atoms with van der Waals surface area (Å²) in [6, 6.07) is 25.1. The zero-order chi connectivity index (χ0) is 23.7. The molecule has 0 atom stereocenters. The molecule has 0 spiro atoms. The summed E-state index contributed by atoms with van der Waals surface area (Å²) >= 11 is 0. The first-order valence-corrected chi connectivity index (χ1v) is 11.5. The van der Waals surface area contributed by atoms with Gasteiger partial charge in [-0.05, 0) is 54.4 Å². The number of ether oxygens (including phenoxy) is 1. The van der Waals surface area contributed by atoms with Crippen LogP contribution in [0.2, 0.25) is 0 Å². The summed E-state index contributed by atoms with van der Waals surface area (Å²) in [5, 5.41) is 0. The van der Waals surface area contributed by atoms with Gasteiger partial charge in [0.05, 0.1) is 18.4 Å². The van der Waals surface area contributed by atoms with Crippen LogP contribution in [0.1, 0.15) is 11.1 Å². The van der Waals surface area contributed by atoms with Crippen LogP contribution >= 0.6 is 0 Å². The average Bonchev–Trinajstić information content (AvgIpc) is 3.14. The maximum atomic E-state index is 13.8. The first-order valence-electron chi connectivity index (χ1n) is 11.5. The van der Waals surface area contributed by atoms with Crippen molar-refractivity contribution in [3.8, 4) is 5.75 Å². The Bertz CT molecular complexity index is 1240. The summed E-state index contributed by atoms with van der Waals surface area (Å²) in [4.78, 5) is 33.1. The van der Waals surface area contributed by atoms with E-state index in [1.807, 2.05) is 73.7 Å². The Hall–Kier alpha value is -4.06. The number of hydrogen-bond donors (Lipinski definition) is 0. The smallest absolute Gasteiger partial charge is 0.282 e. The molecule has 1 fully saturated rings. The average molecular weight is 454 g/mol. The third kappa shape index (κ3) is 3.92. The molecule has 2 aliphatic heterocycles. The monoisotopic (exact) mass is 453 g/mol. The van der Waals surface area contributed by atoms with Gasteiger partial charge in [-0.25, -0.2) is 4.90 Å². The van der Waals surface area contributed by atoms with Crippen molar-refractivity contribution >= 4 is 28.8 Å². The van der Waals surface area contributed by atoms with E-state index >= 15 is 0 Å². The first-order chi connectivity index (χ1) is 16.6. The van der Waals surface area contributed by atoms with Crippen molar-refractivity contribution in [2.24, 2.45) is 0 Å². The Kier molecular flexibility index (Phi) is 5.80. The molecule has 6 nitrogen and oxygen atoms in total. The zero-order valence-corrected chi connectivity index (χ0v) is 19.4. The molecule has 2 aliphatic rings. The molecule has 3 aromatic rings. The standard InChI is InChI=1S/C28H27N3O3/c1-20-7-6-10-23(19-20)31-27(32)25(21-11-13-24(34-2)14-12-21)26(28(31)33)30-17-15-29(16-18-30)22-8-4-3-5-9-22/h3-14,19H,15-18H2,1-2H3. The van der Waals surface area contributed by atoms with Crippen molar-refractivity contribution in [3.63, 3.8) is 0 Å². The highest BCUT2D eigenvalue weighted by Crippen LogP contribution is 2.36. The van der Waals surface area contributed by atoms with Crippen LogP contribution in [0.25, 0.3) is 5.57 Å². The number of hydrogen-bond acceptors (Lipinski definition) is 5. The van der Waals surface area contributed by atoms with E-state index in [-0.39, 0.29) is 11.8 Å². The minimum absolute atomic E-state index is 0.269. The molecule has 0 bridgehead atoms. The van der Waals surface area contributed by atoms with Gasteiger partial charge < -0.3 is 14.5 Å². The van der Waals surface area contributed by atoms with Crippen LogP contribution in [-0.4, -0.2) is 50.0 Å². The number of methoxy groups -OCH3 is 1. The third-order valence-electron chi connectivity index (χ3n) is 6.42. The molecule has 0 radical (unpaired) electrons. The first kappa shape index (κ1) is 21.8. The highest BCUT2D eigenvalue weighted by molar-refractivity contribution is 6.45. The third-order valence-corrected chi connectivity index (χ3v) is 6.42. The summed E-state index contributed by atoms with van der Waals surface area (Å²) < 4.78 is 5.29. The van der Waals surface area contributed by atoms with Crippen molar-refractivity contribution in [3.05, 3.63) is 95.7 Å². The number of imide groups is 1. The molecule has 6 heteroatoms. The molecular formula is C28H27N3O3. The minimum Gasteiger partial charge on any atom is -0.497 e. The van der Waals surface area contributed by atoms with Gasteiger partial charge >= 0.3 is 0 Å². The molecule has 2 amide bonds. The van der Waals surface area contributed by atoms with Gasteiger partial charge in [0.2, 0.25) is 0 Å². The Morgan fingerprint density at radius 1 is 0.706 bits per heavy atom. The van der Waals surface area contributed by atoms with Crippen LogP contribution in [0.3, 0.4) is 0 Å². The van der Waals surface area contributed by atoms with Crippen LogP contribution in [-0.2, 0) is 9.59 Å². The lowest BCUT2D eigenvalue weighted by atomic mass is 10.0. The van der Waals surface area contributed by atoms with Gasteiger partial charge in [0.25, 0.3) is 11.8 Å². The molecule has 0 unspecified atom stereocenters. The van der Waals surface area contributed by atoms with Crippen molar-refractivity contribution in [1.29, 1.82) is 0 Å². The van der Waals surface area contributed by atoms with Crippen LogP contribution in [0.5, 0.6) is 5.75 Å². The van der Waals surface area contributed by atoms with E-state index in [2.05, 4.69) is 21.9 Å². The Labute approximate surface area is 199 Å². The number of carbonyl (C=O) groups is 2. The van der Waals surface area contributed by atoms with Gasteiger partial charge in [0.15, 0.2) is 0 Å². The van der Waals surface area contributed by atoms with Crippen molar-refractivity contribution in [2.75, 3.05) is 43.1 Å². The normalized spacial score (nSPS) is 16.5. The number of nitrogens with zero attached hydrogens (tertiary/aromatic N) is 3. The molecule has 34 heavy (non-hydrogen) atoms. The number of rotatable bonds is 5. The fraction of sp³-hybridized carbons (Fsp3) is 0.214. The van der Waals surface area contributed by atoms with E-state index < -0.39 is 0 Å². The molecule has 0 saturated carbocycles. The highest BCUT2D eigenvalue weighted by atomic mass is 16.5. The fourth-order valence-electron chi connectivity index (χ4n) is 4.66. The number of carbonyl (C=O) groups excluding carboxylic acids is 2. The fourth-order valence-corrected chi connectivity index (χ4v) is 4.66. The van der Waals surface area contributed by atoms with Crippen molar-refractivity contribution in [1.82, 2.24) is 4.90 Å². The quantitative estimate of drug-likeness (QED) is 0.544. The Balaban J connectivity index is 1.51. The molecule has 0 aliphatic carbocycles. The number of aryl methyl sites for hydroxylation is 1. The van der Waals surface area contributed by atoms with E-state index in [1.54, 1.807) is 7.11 Å². The van der Waals surface area contributed by atoms with E-state index in [0.717, 1.165) is 24.2 Å². The molecule has 0 aromatic heterocycles. The molecule has 5 rings (SSSR count). The summed E-state index contributed by atoms with van der Waals surface area (Å²) in [6.45, 7) is 4.82. The van der Waals surface area contributed by atoms with Gasteiger partial charge in [0.1, 0.15) is 11.4 Å². The number of para-hydroxylation sites is 1. The lowest BCUT2D eigenvalue weighted by Gasteiger charge is -2.37. The van der Waals surface area contributed by atoms with Gasteiger partial charge in [-0.2, -0.15) is 0 Å². The summed E-state index contributed by atoms with van der Waals surface area (Å²) in [7, 11) is 1.61. The second-order valence-electron chi connectivity index (χ2n) is 8.55. The number of benzene rings is 3. The molecule has 0 N–H and O–H groups in total. The molecule has 3 aromatic carbocycles. The summed E-state index contributed by atoms with van der Waals surface area (Å²) in [6.07, 6.45) is 0. The summed E-state index contributed by atoms with van der Waals surface area (Å²) in [5.41, 5.74) is 4.40. The van der Waals surface area contributed by atoms with Crippen LogP contribution < -0.4 is 14.5 Å². The minimum atomic E-state index is -0.291. The summed E-state index contributed by atoms with van der Waals surface area (Å²) in [5.74, 6) is 0.144. The number of piperazine rings is 1. The van der Waals surface area contributed by atoms with Gasteiger partial charge in [-0.15, -0.1) is 0 Å². The lowest BCUT2D eigenvalue weighted by Crippen LogP contribution is -2.47. The predicted molar refractivity (Wildman–Crippen MR) is 134 cm³/mol. The van der Waals surface area contributed by atoms with Crippen LogP contribution in [0.4, 0.5) is 11.4 Å². The SMILES string of the molecule is COc1ccc(C2=C(N3CCN(c4ccccc4)CC3)C(=O)N(c3cccc(C)c3)C2=O)cc1. The predicted octanol–water partition coefficient (Wildman–Crippen LogP) is 4.11. The Morgan fingerprint density at radius 2 is 1.35 bits per heavy atom. The van der Waals surface area contributed by atoms with Crippen molar-refractivity contribution in [2.45, 2.75) is 6.92 Å². The zero-order valence-electron chi connectivity index (χ0n) is 19.4. The van der Waals surface area contributed by atoms with Gasteiger partial charge in [-0.1, -0.05) is 42.5 Å². The lowest BCUT2D eigenvalue weighted by molar-refractivity contribution is -0.120. The molecular weight excluding hydrogens is 426 g/mol. The topological polar surface area (TPSA) is 53.1 Å². The number of amides is 2. The van der Waals surface area contributed by atoms with Gasteiger partial charge in [0, 0.05) is 31.9 Å². The van der Waals surface area contributed by atoms with E-state index in [1.165, 1.54) is 10.6 Å². The molecule has 2 heterocycles. The maximum absolute atomic E-state index is 13.8. The molecule has 172 valence electrons. The van der Waals surface area contributed by atoms with Crippen molar-refractivity contribution < 1.29 is 14.3 Å². The van der Waals surface area contributed by atoms with Crippen LogP contribution in [0, 0.1) is 6.92 Å². The maximum Gasteiger partial charge on any atom is 0.282 e. The largest absolute Gasteiger partial charge is 0.497 e. The Morgan fingerprint density at radius 3 is 2.00 bits per heavy atom. The second-order valence-corrected chi connectivity index (χ2v) is 8.55. The highest BCUT2D eigenvalue weighted by Gasteiger charge is 2.43. The van der Waals surface area contributed by atoms with Gasteiger partial charge in [-0.3, -0.25) is 9.59 Å². The van der Waals surface area contributed by atoms with E-state index in [9.17, 15) is 9.59 Å². The van der Waals surface area contributed by atoms with E-state index in [4.69, 9.17) is 4.74 Å².